The topological polar surface area (TPSA) is 130 Å². The normalized spacial score (nSPS) is 14.5. The van der Waals surface area contributed by atoms with Crippen LogP contribution in [-0.4, -0.2) is 52.0 Å². The van der Waals surface area contributed by atoms with Gasteiger partial charge in [-0.3, -0.25) is 4.79 Å². The Bertz CT molecular complexity index is 455. The highest BCUT2D eigenvalue weighted by Gasteiger charge is 2.19. The summed E-state index contributed by atoms with van der Waals surface area (Å²) in [6.07, 6.45) is 0. The van der Waals surface area contributed by atoms with Gasteiger partial charge >= 0.3 is 5.97 Å². The van der Waals surface area contributed by atoms with E-state index < -0.39 is 37.8 Å². The average molecular weight is 288 g/mol. The van der Waals surface area contributed by atoms with Crippen LogP contribution >= 0.6 is 0 Å². The van der Waals surface area contributed by atoms with E-state index in [0.29, 0.717) is 0 Å². The first-order valence-corrected chi connectivity index (χ1v) is 8.10. The Labute approximate surface area is 101 Å². The molecule has 0 rings (SSSR count). The van der Waals surface area contributed by atoms with Crippen molar-refractivity contribution in [2.45, 2.75) is 19.9 Å². The lowest BCUT2D eigenvalue weighted by Crippen LogP contribution is -2.42. The average Bonchev–Trinajstić information content (AvgIpc) is 2.16. The molecule has 0 aliphatic carbocycles. The van der Waals surface area contributed by atoms with Crippen molar-refractivity contribution in [2.75, 3.05) is 18.1 Å². The van der Waals surface area contributed by atoms with Crippen LogP contribution in [0.3, 0.4) is 0 Å². The molecule has 0 aliphatic rings. The van der Waals surface area contributed by atoms with Crippen LogP contribution < -0.4 is 9.44 Å². The van der Waals surface area contributed by atoms with E-state index in [1.54, 1.807) is 0 Å². The quantitative estimate of drug-likeness (QED) is 0.489. The Kier molecular flexibility index (Phi) is 6.02. The third-order valence-electron chi connectivity index (χ3n) is 1.80. The molecule has 0 fully saturated rings. The fourth-order valence-electron chi connectivity index (χ4n) is 0.812. The summed E-state index contributed by atoms with van der Waals surface area (Å²) in [4.78, 5) is 10.4. The molecule has 0 aromatic carbocycles. The molecule has 0 spiro atoms. The molecule has 0 saturated carbocycles. The van der Waals surface area contributed by atoms with E-state index in [1.165, 1.54) is 13.8 Å². The first-order valence-electron chi connectivity index (χ1n) is 4.80. The Hall–Kier alpha value is -0.710. The third-order valence-corrected chi connectivity index (χ3v) is 4.66. The highest BCUT2D eigenvalue weighted by molar-refractivity contribution is 7.90. The summed E-state index contributed by atoms with van der Waals surface area (Å²) in [7, 11) is -7.26. The van der Waals surface area contributed by atoms with E-state index in [2.05, 4.69) is 4.72 Å². The van der Waals surface area contributed by atoms with Crippen molar-refractivity contribution in [3.63, 3.8) is 0 Å². The molecule has 102 valence electrons. The van der Waals surface area contributed by atoms with Crippen molar-refractivity contribution in [2.24, 2.45) is 0 Å². The molecule has 0 amide bonds. The second kappa shape index (κ2) is 6.28. The van der Waals surface area contributed by atoms with Gasteiger partial charge in [0.15, 0.2) is 0 Å². The maximum absolute atomic E-state index is 11.3. The molecule has 0 bridgehead atoms. The van der Waals surface area contributed by atoms with Crippen LogP contribution in [0.1, 0.15) is 13.8 Å². The van der Waals surface area contributed by atoms with E-state index in [-0.39, 0.29) is 12.3 Å². The molecular formula is C7H16N2O6S2. The molecule has 0 aliphatic heterocycles. The van der Waals surface area contributed by atoms with Crippen molar-refractivity contribution < 1.29 is 26.7 Å². The third kappa shape index (κ3) is 7.26. The van der Waals surface area contributed by atoms with Crippen LogP contribution in [0.4, 0.5) is 0 Å². The molecule has 10 heteroatoms. The number of hydrogen-bond donors (Lipinski definition) is 3. The molecule has 3 N–H and O–H groups in total. The van der Waals surface area contributed by atoms with Crippen molar-refractivity contribution in [3.8, 4) is 0 Å². The van der Waals surface area contributed by atoms with Gasteiger partial charge in [0.2, 0.25) is 20.0 Å². The maximum Gasteiger partial charge on any atom is 0.321 e. The van der Waals surface area contributed by atoms with E-state index >= 15 is 0 Å². The zero-order valence-electron chi connectivity index (χ0n) is 9.50. The molecule has 0 unspecified atom stereocenters. The molecule has 0 aromatic heterocycles. The second-order valence-corrected chi connectivity index (χ2v) is 7.26. The van der Waals surface area contributed by atoms with Gasteiger partial charge in [0, 0.05) is 6.54 Å². The van der Waals surface area contributed by atoms with Gasteiger partial charge in [-0.1, -0.05) is 0 Å². The summed E-state index contributed by atoms with van der Waals surface area (Å²) in [6.45, 7) is 2.30. The van der Waals surface area contributed by atoms with Crippen molar-refractivity contribution >= 4 is 26.0 Å². The number of aliphatic carboxylic acids is 1. The Morgan fingerprint density at radius 3 is 2.18 bits per heavy atom. The standard InChI is InChI=1S/C7H16N2O6S2/c1-3-16(12,13)8-4-5-17(14,15)9-6(2)7(10)11/h6,8-9H,3-5H2,1-2H3,(H,10,11)/t6-/m1/s1. The molecule has 0 radical (unpaired) electrons. The summed E-state index contributed by atoms with van der Waals surface area (Å²) in [6, 6.07) is -1.25. The van der Waals surface area contributed by atoms with Gasteiger partial charge in [0.25, 0.3) is 0 Å². The van der Waals surface area contributed by atoms with Gasteiger partial charge in [0.1, 0.15) is 6.04 Å². The molecule has 0 aromatic rings. The predicted molar refractivity (Wildman–Crippen MR) is 61.5 cm³/mol. The summed E-state index contributed by atoms with van der Waals surface area (Å²) in [5.74, 6) is -1.96. The molecule has 8 nitrogen and oxygen atoms in total. The number of hydrogen-bond acceptors (Lipinski definition) is 5. The number of carboxylic acid groups (broad SMARTS) is 1. The van der Waals surface area contributed by atoms with Crippen molar-refractivity contribution in [3.05, 3.63) is 0 Å². The minimum atomic E-state index is -3.81. The monoisotopic (exact) mass is 288 g/mol. The zero-order valence-corrected chi connectivity index (χ0v) is 11.1. The molecule has 1 atom stereocenters. The number of carboxylic acids is 1. The maximum atomic E-state index is 11.3. The lowest BCUT2D eigenvalue weighted by molar-refractivity contribution is -0.138. The van der Waals surface area contributed by atoms with Crippen molar-refractivity contribution in [1.29, 1.82) is 0 Å². The first-order chi connectivity index (χ1) is 7.59. The van der Waals surface area contributed by atoms with E-state index in [4.69, 9.17) is 5.11 Å². The summed E-state index contributed by atoms with van der Waals surface area (Å²) < 4.78 is 48.6. The summed E-state index contributed by atoms with van der Waals surface area (Å²) in [5, 5.41) is 8.50. The largest absolute Gasteiger partial charge is 0.480 e. The number of rotatable bonds is 8. The van der Waals surface area contributed by atoms with Crippen LogP contribution in [0.5, 0.6) is 0 Å². The fourth-order valence-corrected chi connectivity index (χ4v) is 2.69. The SMILES string of the molecule is CCS(=O)(=O)NCCS(=O)(=O)N[C@H](C)C(=O)O. The van der Waals surface area contributed by atoms with Crippen LogP contribution in [0.2, 0.25) is 0 Å². The van der Waals surface area contributed by atoms with Gasteiger partial charge in [-0.25, -0.2) is 26.3 Å². The van der Waals surface area contributed by atoms with Gasteiger partial charge < -0.3 is 5.11 Å². The number of nitrogens with one attached hydrogen (secondary N) is 2. The van der Waals surface area contributed by atoms with Crippen LogP contribution in [0.25, 0.3) is 0 Å². The van der Waals surface area contributed by atoms with Crippen LogP contribution in [-0.2, 0) is 24.8 Å². The Morgan fingerprint density at radius 2 is 1.76 bits per heavy atom. The lowest BCUT2D eigenvalue weighted by Gasteiger charge is -2.10. The van der Waals surface area contributed by atoms with E-state index in [9.17, 15) is 21.6 Å². The first kappa shape index (κ1) is 16.3. The molecule has 0 heterocycles. The lowest BCUT2D eigenvalue weighted by atomic mass is 10.4. The van der Waals surface area contributed by atoms with E-state index in [1.807, 2.05) is 4.72 Å². The van der Waals surface area contributed by atoms with Gasteiger partial charge in [-0.05, 0) is 13.8 Å². The highest BCUT2D eigenvalue weighted by atomic mass is 32.2. The second-order valence-electron chi connectivity index (χ2n) is 3.29. The predicted octanol–water partition coefficient (Wildman–Crippen LogP) is -1.68. The molecular weight excluding hydrogens is 272 g/mol. The van der Waals surface area contributed by atoms with E-state index in [0.717, 1.165) is 0 Å². The van der Waals surface area contributed by atoms with Crippen LogP contribution in [0, 0.1) is 0 Å². The highest BCUT2D eigenvalue weighted by Crippen LogP contribution is 1.90. The summed E-state index contributed by atoms with van der Waals surface area (Å²) >= 11 is 0. The molecule has 17 heavy (non-hydrogen) atoms. The number of carbonyl (C=O) groups is 1. The summed E-state index contributed by atoms with van der Waals surface area (Å²) in [5.41, 5.74) is 0. The zero-order chi connectivity index (χ0) is 13.7. The Morgan fingerprint density at radius 1 is 1.24 bits per heavy atom. The van der Waals surface area contributed by atoms with Gasteiger partial charge in [-0.2, -0.15) is 0 Å². The van der Waals surface area contributed by atoms with Gasteiger partial charge in [-0.15, -0.1) is 0 Å². The smallest absolute Gasteiger partial charge is 0.321 e. The Balaban J connectivity index is 4.26. The minimum absolute atomic E-state index is 0.147. The molecule has 0 saturated heterocycles. The number of sulfonamides is 2. The minimum Gasteiger partial charge on any atom is -0.480 e. The van der Waals surface area contributed by atoms with Gasteiger partial charge in [0.05, 0.1) is 11.5 Å². The fraction of sp³-hybridized carbons (Fsp3) is 0.857. The van der Waals surface area contributed by atoms with Crippen molar-refractivity contribution in [1.82, 2.24) is 9.44 Å². The van der Waals surface area contributed by atoms with Crippen LogP contribution in [0.15, 0.2) is 0 Å².